The molecule has 2 N–H and O–H groups in total. The van der Waals surface area contributed by atoms with Gasteiger partial charge in [0.25, 0.3) is 0 Å². The molecule has 0 bridgehead atoms. The molecule has 0 heterocycles. The van der Waals surface area contributed by atoms with Crippen LogP contribution in [0.4, 0.5) is 0 Å². The van der Waals surface area contributed by atoms with Crippen molar-refractivity contribution in [3.63, 3.8) is 0 Å². The Morgan fingerprint density at radius 3 is 2.47 bits per heavy atom. The minimum absolute atomic E-state index is 0.0276. The van der Waals surface area contributed by atoms with Crippen molar-refractivity contribution in [3.05, 3.63) is 33.8 Å². The summed E-state index contributed by atoms with van der Waals surface area (Å²) in [5.74, 6) is 0. The summed E-state index contributed by atoms with van der Waals surface area (Å²) < 4.78 is 0. The zero-order valence-corrected chi connectivity index (χ0v) is 11.7. The number of hydrogen-bond acceptors (Lipinski definition) is 1. The lowest BCUT2D eigenvalue weighted by Gasteiger charge is -2.35. The van der Waals surface area contributed by atoms with E-state index in [0.717, 1.165) is 12.0 Å². The Kier molecular flexibility index (Phi) is 4.02. The van der Waals surface area contributed by atoms with Gasteiger partial charge in [0.05, 0.1) is 0 Å². The first-order valence-corrected chi connectivity index (χ1v) is 7.05. The number of benzene rings is 1. The SMILES string of the molecule is CCC1(C(N)c2ccc(Cl)cc2Cl)CCCC1. The molecular formula is C14H19Cl2N. The van der Waals surface area contributed by atoms with Gasteiger partial charge >= 0.3 is 0 Å². The molecule has 1 saturated carbocycles. The molecule has 2 rings (SSSR count). The summed E-state index contributed by atoms with van der Waals surface area (Å²) in [6, 6.07) is 5.67. The van der Waals surface area contributed by atoms with Crippen LogP contribution in [0.3, 0.4) is 0 Å². The molecule has 1 nitrogen and oxygen atoms in total. The van der Waals surface area contributed by atoms with E-state index < -0.39 is 0 Å². The Labute approximate surface area is 113 Å². The first-order chi connectivity index (χ1) is 8.09. The molecule has 1 aliphatic carbocycles. The molecule has 1 fully saturated rings. The summed E-state index contributed by atoms with van der Waals surface area (Å²) in [6.07, 6.45) is 6.11. The Bertz CT molecular complexity index is 397. The normalized spacial score (nSPS) is 20.5. The number of hydrogen-bond donors (Lipinski definition) is 1. The molecule has 0 radical (unpaired) electrons. The molecule has 0 saturated heterocycles. The second-order valence-electron chi connectivity index (χ2n) is 5.07. The van der Waals surface area contributed by atoms with Crippen molar-refractivity contribution >= 4 is 23.2 Å². The van der Waals surface area contributed by atoms with E-state index in [4.69, 9.17) is 28.9 Å². The zero-order chi connectivity index (χ0) is 12.5. The second kappa shape index (κ2) is 5.17. The van der Waals surface area contributed by atoms with Gasteiger partial charge in [0.1, 0.15) is 0 Å². The molecule has 1 aromatic carbocycles. The van der Waals surface area contributed by atoms with Crippen LogP contribution in [-0.2, 0) is 0 Å². The van der Waals surface area contributed by atoms with E-state index in [-0.39, 0.29) is 11.5 Å². The predicted octanol–water partition coefficient (Wildman–Crippen LogP) is 4.96. The lowest BCUT2D eigenvalue weighted by molar-refractivity contribution is 0.222. The van der Waals surface area contributed by atoms with Crippen LogP contribution in [0.5, 0.6) is 0 Å². The predicted molar refractivity (Wildman–Crippen MR) is 74.6 cm³/mol. The van der Waals surface area contributed by atoms with Crippen molar-refractivity contribution in [3.8, 4) is 0 Å². The summed E-state index contributed by atoms with van der Waals surface area (Å²) >= 11 is 12.2. The van der Waals surface area contributed by atoms with Crippen LogP contribution >= 0.6 is 23.2 Å². The quantitative estimate of drug-likeness (QED) is 0.826. The molecule has 1 aromatic rings. The molecular weight excluding hydrogens is 253 g/mol. The molecule has 1 atom stereocenters. The molecule has 1 aliphatic rings. The van der Waals surface area contributed by atoms with Crippen LogP contribution in [0.1, 0.15) is 50.6 Å². The Morgan fingerprint density at radius 2 is 1.94 bits per heavy atom. The summed E-state index contributed by atoms with van der Waals surface area (Å²) in [6.45, 7) is 2.23. The van der Waals surface area contributed by atoms with Crippen molar-refractivity contribution < 1.29 is 0 Å². The van der Waals surface area contributed by atoms with Gasteiger partial charge in [-0.1, -0.05) is 49.0 Å². The van der Waals surface area contributed by atoms with E-state index in [2.05, 4.69) is 6.92 Å². The van der Waals surface area contributed by atoms with Gasteiger partial charge in [-0.25, -0.2) is 0 Å². The smallest absolute Gasteiger partial charge is 0.0468 e. The molecule has 0 spiro atoms. The van der Waals surface area contributed by atoms with Crippen LogP contribution in [0.15, 0.2) is 18.2 Å². The maximum absolute atomic E-state index is 6.47. The van der Waals surface area contributed by atoms with E-state index in [1.54, 1.807) is 6.07 Å². The minimum atomic E-state index is 0.0276. The fourth-order valence-electron chi connectivity index (χ4n) is 3.05. The van der Waals surface area contributed by atoms with Crippen LogP contribution < -0.4 is 5.73 Å². The highest BCUT2D eigenvalue weighted by atomic mass is 35.5. The van der Waals surface area contributed by atoms with Gasteiger partial charge < -0.3 is 5.73 Å². The van der Waals surface area contributed by atoms with Gasteiger partial charge in [0.15, 0.2) is 0 Å². The number of nitrogens with two attached hydrogens (primary N) is 1. The fourth-order valence-corrected chi connectivity index (χ4v) is 3.57. The van der Waals surface area contributed by atoms with Gasteiger partial charge in [-0.2, -0.15) is 0 Å². The molecule has 94 valence electrons. The largest absolute Gasteiger partial charge is 0.323 e. The third kappa shape index (κ3) is 2.47. The Balaban J connectivity index is 2.32. The van der Waals surface area contributed by atoms with E-state index in [1.165, 1.54) is 25.7 Å². The van der Waals surface area contributed by atoms with Gasteiger partial charge in [-0.05, 0) is 42.4 Å². The molecule has 0 amide bonds. The molecule has 17 heavy (non-hydrogen) atoms. The van der Waals surface area contributed by atoms with Crippen molar-refractivity contribution in [2.75, 3.05) is 0 Å². The minimum Gasteiger partial charge on any atom is -0.323 e. The van der Waals surface area contributed by atoms with Crippen LogP contribution in [0.25, 0.3) is 0 Å². The maximum Gasteiger partial charge on any atom is 0.0468 e. The standard InChI is InChI=1S/C14H19Cl2N/c1-2-14(7-3-4-8-14)13(17)11-6-5-10(15)9-12(11)16/h5-6,9,13H,2-4,7-8,17H2,1H3. The van der Waals surface area contributed by atoms with Crippen molar-refractivity contribution in [2.45, 2.75) is 45.1 Å². The molecule has 3 heteroatoms. The van der Waals surface area contributed by atoms with Gasteiger partial charge in [-0.15, -0.1) is 0 Å². The Morgan fingerprint density at radius 1 is 1.29 bits per heavy atom. The lowest BCUT2D eigenvalue weighted by atomic mass is 9.74. The summed E-state index contributed by atoms with van der Waals surface area (Å²) in [5.41, 5.74) is 7.74. The highest BCUT2D eigenvalue weighted by molar-refractivity contribution is 6.35. The average Bonchev–Trinajstić information content (AvgIpc) is 2.78. The summed E-state index contributed by atoms with van der Waals surface area (Å²) in [7, 11) is 0. The number of halogens is 2. The second-order valence-corrected chi connectivity index (χ2v) is 5.91. The molecule has 1 unspecified atom stereocenters. The maximum atomic E-state index is 6.47. The first kappa shape index (κ1) is 13.2. The van der Waals surface area contributed by atoms with Crippen LogP contribution in [0, 0.1) is 5.41 Å². The molecule has 0 aromatic heterocycles. The third-order valence-electron chi connectivity index (χ3n) is 4.26. The lowest BCUT2D eigenvalue weighted by Crippen LogP contribution is -2.31. The third-order valence-corrected chi connectivity index (χ3v) is 4.82. The highest BCUT2D eigenvalue weighted by Gasteiger charge is 2.39. The van der Waals surface area contributed by atoms with Crippen molar-refractivity contribution in [1.82, 2.24) is 0 Å². The highest BCUT2D eigenvalue weighted by Crippen LogP contribution is 2.50. The first-order valence-electron chi connectivity index (χ1n) is 6.29. The van der Waals surface area contributed by atoms with Crippen LogP contribution in [0.2, 0.25) is 10.0 Å². The zero-order valence-electron chi connectivity index (χ0n) is 10.2. The van der Waals surface area contributed by atoms with Crippen molar-refractivity contribution in [1.29, 1.82) is 0 Å². The van der Waals surface area contributed by atoms with Crippen LogP contribution in [-0.4, -0.2) is 0 Å². The fraction of sp³-hybridized carbons (Fsp3) is 0.571. The van der Waals surface area contributed by atoms with E-state index in [1.807, 2.05) is 12.1 Å². The van der Waals surface area contributed by atoms with Gasteiger partial charge in [0, 0.05) is 16.1 Å². The number of rotatable bonds is 3. The topological polar surface area (TPSA) is 26.0 Å². The van der Waals surface area contributed by atoms with Gasteiger partial charge in [-0.3, -0.25) is 0 Å². The van der Waals surface area contributed by atoms with Gasteiger partial charge in [0.2, 0.25) is 0 Å². The summed E-state index contributed by atoms with van der Waals surface area (Å²) in [5, 5.41) is 1.37. The summed E-state index contributed by atoms with van der Waals surface area (Å²) in [4.78, 5) is 0. The van der Waals surface area contributed by atoms with Crippen molar-refractivity contribution in [2.24, 2.45) is 11.1 Å². The molecule has 0 aliphatic heterocycles. The Hall–Kier alpha value is -0.240. The average molecular weight is 272 g/mol. The monoisotopic (exact) mass is 271 g/mol. The van der Waals surface area contributed by atoms with E-state index in [0.29, 0.717) is 10.0 Å². The van der Waals surface area contributed by atoms with E-state index in [9.17, 15) is 0 Å². The van der Waals surface area contributed by atoms with E-state index >= 15 is 0 Å².